The molecule has 6 rings (SSSR count). The second-order valence-corrected chi connectivity index (χ2v) is 10.2. The molecule has 1 aromatic carbocycles. The van der Waals surface area contributed by atoms with Crippen LogP contribution in [0.2, 0.25) is 0 Å². The first-order valence-electron chi connectivity index (χ1n) is 11.3. The molecular formula is C24H34N2O2. The van der Waals surface area contributed by atoms with Gasteiger partial charge in [0.05, 0.1) is 0 Å². The minimum absolute atomic E-state index is 0.198. The van der Waals surface area contributed by atoms with Crippen LogP contribution in [0.4, 0.5) is 5.69 Å². The summed E-state index contributed by atoms with van der Waals surface area (Å²) in [6.07, 6.45) is 11.2. The predicted molar refractivity (Wildman–Crippen MR) is 112 cm³/mol. The molecule has 0 radical (unpaired) electrons. The summed E-state index contributed by atoms with van der Waals surface area (Å²) in [5, 5.41) is 6.60. The Balaban J connectivity index is 1.24. The fourth-order valence-electron chi connectivity index (χ4n) is 6.96. The first-order chi connectivity index (χ1) is 13.6. The van der Waals surface area contributed by atoms with E-state index in [0.717, 1.165) is 60.7 Å². The molecule has 28 heavy (non-hydrogen) atoms. The third-order valence-corrected chi connectivity index (χ3v) is 7.77. The van der Waals surface area contributed by atoms with E-state index in [1.807, 2.05) is 12.1 Å². The van der Waals surface area contributed by atoms with Crippen molar-refractivity contribution in [3.05, 3.63) is 23.8 Å². The molecule has 4 heteroatoms. The van der Waals surface area contributed by atoms with Crippen LogP contribution in [-0.4, -0.2) is 25.1 Å². The zero-order chi connectivity index (χ0) is 19.1. The number of rotatable bonds is 5. The summed E-state index contributed by atoms with van der Waals surface area (Å²) in [5.41, 5.74) is 2.31. The average Bonchev–Trinajstić information content (AvgIpc) is 2.64. The summed E-state index contributed by atoms with van der Waals surface area (Å²) in [6, 6.07) is 6.12. The molecule has 1 saturated heterocycles. The number of benzene rings is 1. The monoisotopic (exact) mass is 382 g/mol. The molecule has 5 fully saturated rings. The highest BCUT2D eigenvalue weighted by molar-refractivity contribution is 5.92. The third kappa shape index (κ3) is 3.80. The molecule has 1 amide bonds. The van der Waals surface area contributed by atoms with Crippen molar-refractivity contribution in [3.63, 3.8) is 0 Å². The number of amides is 1. The Hall–Kier alpha value is -1.55. The van der Waals surface area contributed by atoms with Crippen molar-refractivity contribution in [2.75, 3.05) is 18.4 Å². The molecule has 4 saturated carbocycles. The van der Waals surface area contributed by atoms with E-state index in [1.54, 1.807) is 0 Å². The smallest absolute Gasteiger partial charge is 0.224 e. The van der Waals surface area contributed by atoms with Gasteiger partial charge >= 0.3 is 0 Å². The maximum atomic E-state index is 13.0. The molecule has 4 bridgehead atoms. The Kier molecular flexibility index (Phi) is 4.86. The van der Waals surface area contributed by atoms with Crippen molar-refractivity contribution < 1.29 is 9.53 Å². The quantitative estimate of drug-likeness (QED) is 0.778. The normalized spacial score (nSPS) is 34.4. The lowest BCUT2D eigenvalue weighted by Crippen LogP contribution is -2.47. The number of hydrogen-bond acceptors (Lipinski definition) is 3. The summed E-state index contributed by atoms with van der Waals surface area (Å²) in [7, 11) is 0. The fourth-order valence-corrected chi connectivity index (χ4v) is 6.96. The molecule has 1 heterocycles. The van der Waals surface area contributed by atoms with Crippen LogP contribution in [0.5, 0.6) is 5.75 Å². The number of anilines is 1. The third-order valence-electron chi connectivity index (χ3n) is 7.77. The van der Waals surface area contributed by atoms with E-state index in [2.05, 4.69) is 23.6 Å². The maximum Gasteiger partial charge on any atom is 0.224 e. The van der Waals surface area contributed by atoms with Gasteiger partial charge in [0.2, 0.25) is 5.91 Å². The molecule has 2 N–H and O–H groups in total. The highest BCUT2D eigenvalue weighted by Gasteiger charge is 2.51. The van der Waals surface area contributed by atoms with Gasteiger partial charge in [-0.05, 0) is 106 Å². The average molecular weight is 383 g/mol. The van der Waals surface area contributed by atoms with Crippen LogP contribution in [0, 0.1) is 30.1 Å². The minimum atomic E-state index is 0.198. The lowest BCUT2D eigenvalue weighted by Gasteiger charge is -2.56. The highest BCUT2D eigenvalue weighted by atomic mass is 16.5. The van der Waals surface area contributed by atoms with E-state index >= 15 is 0 Å². The Morgan fingerprint density at radius 2 is 1.75 bits per heavy atom. The van der Waals surface area contributed by atoms with Crippen LogP contribution < -0.4 is 15.4 Å². The van der Waals surface area contributed by atoms with Gasteiger partial charge in [0.25, 0.3) is 0 Å². The summed E-state index contributed by atoms with van der Waals surface area (Å²) in [4.78, 5) is 13.0. The van der Waals surface area contributed by atoms with Crippen LogP contribution in [0.15, 0.2) is 18.2 Å². The van der Waals surface area contributed by atoms with Crippen molar-refractivity contribution >= 4 is 11.6 Å². The van der Waals surface area contributed by atoms with Gasteiger partial charge in [-0.25, -0.2) is 0 Å². The molecule has 152 valence electrons. The van der Waals surface area contributed by atoms with Crippen LogP contribution in [0.1, 0.15) is 63.4 Å². The molecule has 0 atom stereocenters. The Morgan fingerprint density at radius 1 is 1.11 bits per heavy atom. The SMILES string of the molecule is Cc1ccc(OC2CCNCC2)cc1NC(=O)CC12CC3CC(CC(C3)C1)C2. The van der Waals surface area contributed by atoms with Gasteiger partial charge in [-0.2, -0.15) is 0 Å². The molecule has 0 unspecified atom stereocenters. The number of aryl methyl sites for hydroxylation is 1. The Bertz CT molecular complexity index is 703. The second-order valence-electron chi connectivity index (χ2n) is 10.2. The van der Waals surface area contributed by atoms with Gasteiger partial charge in [0, 0.05) is 18.2 Å². The molecule has 0 aromatic heterocycles. The van der Waals surface area contributed by atoms with Gasteiger partial charge in [-0.1, -0.05) is 6.07 Å². The lowest BCUT2D eigenvalue weighted by molar-refractivity contribution is -0.124. The fraction of sp³-hybridized carbons (Fsp3) is 0.708. The summed E-state index contributed by atoms with van der Waals surface area (Å²) in [6.45, 7) is 4.10. The number of piperidine rings is 1. The molecule has 1 aromatic rings. The van der Waals surface area contributed by atoms with Crippen LogP contribution >= 0.6 is 0 Å². The minimum Gasteiger partial charge on any atom is -0.490 e. The number of ether oxygens (including phenoxy) is 1. The molecule has 4 aliphatic carbocycles. The number of carbonyl (C=O) groups is 1. The van der Waals surface area contributed by atoms with E-state index in [1.165, 1.54) is 38.5 Å². The summed E-state index contributed by atoms with van der Waals surface area (Å²) >= 11 is 0. The van der Waals surface area contributed by atoms with Gasteiger partial charge < -0.3 is 15.4 Å². The van der Waals surface area contributed by atoms with Crippen molar-refractivity contribution in [2.45, 2.75) is 70.8 Å². The van der Waals surface area contributed by atoms with Crippen molar-refractivity contribution in [1.29, 1.82) is 0 Å². The van der Waals surface area contributed by atoms with Crippen molar-refractivity contribution in [2.24, 2.45) is 23.2 Å². The van der Waals surface area contributed by atoms with Crippen LogP contribution in [0.25, 0.3) is 0 Å². The standard InChI is InChI=1S/C24H34N2O2/c1-16-2-3-21(28-20-4-6-25-7-5-20)11-22(16)26-23(27)15-24-12-17-8-18(13-24)10-19(9-17)14-24/h2-3,11,17-20,25H,4-10,12-15H2,1H3,(H,26,27). The van der Waals surface area contributed by atoms with Gasteiger partial charge in [-0.15, -0.1) is 0 Å². The first kappa shape index (κ1) is 18.5. The van der Waals surface area contributed by atoms with E-state index in [4.69, 9.17) is 4.74 Å². The second kappa shape index (κ2) is 7.37. The van der Waals surface area contributed by atoms with E-state index < -0.39 is 0 Å². The molecule has 5 aliphatic rings. The van der Waals surface area contributed by atoms with Crippen molar-refractivity contribution in [1.82, 2.24) is 5.32 Å². The largest absolute Gasteiger partial charge is 0.490 e. The van der Waals surface area contributed by atoms with E-state index in [0.29, 0.717) is 6.42 Å². The topological polar surface area (TPSA) is 50.4 Å². The van der Waals surface area contributed by atoms with Crippen LogP contribution in [-0.2, 0) is 4.79 Å². The predicted octanol–water partition coefficient (Wildman–Crippen LogP) is 4.67. The highest BCUT2D eigenvalue weighted by Crippen LogP contribution is 2.61. The molecular weight excluding hydrogens is 348 g/mol. The van der Waals surface area contributed by atoms with Gasteiger partial charge in [0.1, 0.15) is 11.9 Å². The Morgan fingerprint density at radius 3 is 2.39 bits per heavy atom. The summed E-state index contributed by atoms with van der Waals surface area (Å²) < 4.78 is 6.18. The van der Waals surface area contributed by atoms with E-state index in [9.17, 15) is 4.79 Å². The van der Waals surface area contributed by atoms with Gasteiger partial charge in [0.15, 0.2) is 0 Å². The lowest BCUT2D eigenvalue weighted by atomic mass is 9.49. The maximum absolute atomic E-state index is 13.0. The molecule has 4 nitrogen and oxygen atoms in total. The van der Waals surface area contributed by atoms with Crippen molar-refractivity contribution in [3.8, 4) is 5.75 Å². The van der Waals surface area contributed by atoms with E-state index in [-0.39, 0.29) is 17.4 Å². The zero-order valence-corrected chi connectivity index (χ0v) is 17.1. The first-order valence-corrected chi connectivity index (χ1v) is 11.3. The molecule has 1 aliphatic heterocycles. The zero-order valence-electron chi connectivity index (χ0n) is 17.1. The van der Waals surface area contributed by atoms with Gasteiger partial charge in [-0.3, -0.25) is 4.79 Å². The summed E-state index contributed by atoms with van der Waals surface area (Å²) in [5.74, 6) is 3.75. The molecule has 0 spiro atoms. The number of carbonyl (C=O) groups excluding carboxylic acids is 1. The van der Waals surface area contributed by atoms with Crippen LogP contribution in [0.3, 0.4) is 0 Å². The Labute approximate surface area is 168 Å². The number of hydrogen-bond donors (Lipinski definition) is 2. The number of nitrogens with one attached hydrogen (secondary N) is 2.